The van der Waals surface area contributed by atoms with Gasteiger partial charge in [-0.3, -0.25) is 4.79 Å². The van der Waals surface area contributed by atoms with E-state index in [2.05, 4.69) is 33.8 Å². The molecule has 3 rings (SSSR count). The summed E-state index contributed by atoms with van der Waals surface area (Å²) in [5, 5.41) is 0. The zero-order valence-corrected chi connectivity index (χ0v) is 15.0. The topological polar surface area (TPSA) is 39.4 Å². The number of fused-ring (bicyclic) bond motifs is 2. The van der Waals surface area contributed by atoms with Gasteiger partial charge in [-0.1, -0.05) is 32.4 Å². The SMILES string of the molecule is CCCC(=O)[C@@]1(OC)CC=C2Cc3occ(C)c3C[C@@]2(C)[C@@H]1C. The van der Waals surface area contributed by atoms with Gasteiger partial charge in [0.25, 0.3) is 0 Å². The van der Waals surface area contributed by atoms with Crippen LogP contribution in [0.3, 0.4) is 0 Å². The summed E-state index contributed by atoms with van der Waals surface area (Å²) in [5.41, 5.74) is 3.24. The van der Waals surface area contributed by atoms with Crippen molar-refractivity contribution < 1.29 is 13.9 Å². The van der Waals surface area contributed by atoms with Crippen molar-refractivity contribution in [3.05, 3.63) is 34.8 Å². The molecule has 0 radical (unpaired) electrons. The fourth-order valence-corrected chi connectivity index (χ4v) is 4.63. The molecule has 1 aromatic heterocycles. The van der Waals surface area contributed by atoms with E-state index in [-0.39, 0.29) is 17.1 Å². The monoisotopic (exact) mass is 316 g/mol. The van der Waals surface area contributed by atoms with Gasteiger partial charge in [0.15, 0.2) is 5.78 Å². The van der Waals surface area contributed by atoms with Gasteiger partial charge < -0.3 is 9.15 Å². The fraction of sp³-hybridized carbons (Fsp3) is 0.650. The lowest BCUT2D eigenvalue weighted by atomic mass is 9.54. The number of hydrogen-bond acceptors (Lipinski definition) is 3. The van der Waals surface area contributed by atoms with Crippen LogP contribution in [-0.4, -0.2) is 18.5 Å². The van der Waals surface area contributed by atoms with Gasteiger partial charge >= 0.3 is 0 Å². The Morgan fingerprint density at radius 3 is 2.87 bits per heavy atom. The summed E-state index contributed by atoms with van der Waals surface area (Å²) in [4.78, 5) is 12.9. The van der Waals surface area contributed by atoms with Crippen LogP contribution in [0.1, 0.15) is 56.9 Å². The Hall–Kier alpha value is -1.35. The molecule has 23 heavy (non-hydrogen) atoms. The van der Waals surface area contributed by atoms with Gasteiger partial charge in [0.2, 0.25) is 0 Å². The van der Waals surface area contributed by atoms with Crippen LogP contribution in [0.5, 0.6) is 0 Å². The van der Waals surface area contributed by atoms with Gasteiger partial charge in [0.05, 0.1) is 6.26 Å². The first-order chi connectivity index (χ1) is 10.9. The third-order valence-corrected chi connectivity index (χ3v) is 6.44. The molecule has 2 aliphatic carbocycles. The van der Waals surface area contributed by atoms with Crippen molar-refractivity contribution in [3.63, 3.8) is 0 Å². The molecule has 3 heteroatoms. The zero-order chi connectivity index (χ0) is 16.8. The van der Waals surface area contributed by atoms with Crippen molar-refractivity contribution >= 4 is 5.78 Å². The zero-order valence-electron chi connectivity index (χ0n) is 15.0. The number of Topliss-reactive ketones (excluding diaryl/α,β-unsaturated/α-hetero) is 1. The summed E-state index contributed by atoms with van der Waals surface area (Å²) in [7, 11) is 1.70. The molecular formula is C20H28O3. The van der Waals surface area contributed by atoms with E-state index >= 15 is 0 Å². The average molecular weight is 316 g/mol. The van der Waals surface area contributed by atoms with Crippen LogP contribution in [0.4, 0.5) is 0 Å². The van der Waals surface area contributed by atoms with Gasteiger partial charge in [-0.05, 0) is 36.3 Å². The van der Waals surface area contributed by atoms with Gasteiger partial charge in [-0.2, -0.15) is 0 Å². The Morgan fingerprint density at radius 2 is 2.22 bits per heavy atom. The van der Waals surface area contributed by atoms with E-state index < -0.39 is 5.60 Å². The largest absolute Gasteiger partial charge is 0.468 e. The molecule has 3 nitrogen and oxygen atoms in total. The number of methoxy groups -OCH3 is 1. The highest BCUT2D eigenvalue weighted by molar-refractivity contribution is 5.88. The number of aryl methyl sites for hydroxylation is 1. The van der Waals surface area contributed by atoms with Crippen LogP contribution >= 0.6 is 0 Å². The molecule has 3 atom stereocenters. The van der Waals surface area contributed by atoms with E-state index in [1.807, 2.05) is 6.26 Å². The first-order valence-corrected chi connectivity index (χ1v) is 8.73. The minimum Gasteiger partial charge on any atom is -0.468 e. The average Bonchev–Trinajstić information content (AvgIpc) is 2.88. The van der Waals surface area contributed by atoms with E-state index in [0.717, 1.165) is 25.0 Å². The number of carbonyl (C=O) groups is 1. The molecule has 0 bridgehead atoms. The lowest BCUT2D eigenvalue weighted by Crippen LogP contribution is -2.56. The molecule has 2 aliphatic rings. The Morgan fingerprint density at radius 1 is 1.48 bits per heavy atom. The lowest BCUT2D eigenvalue weighted by molar-refractivity contribution is -0.155. The molecule has 0 N–H and O–H groups in total. The first-order valence-electron chi connectivity index (χ1n) is 8.73. The normalized spacial score (nSPS) is 32.9. The molecule has 126 valence electrons. The highest BCUT2D eigenvalue weighted by Gasteiger charge is 2.55. The summed E-state index contributed by atoms with van der Waals surface area (Å²) in [6, 6.07) is 0. The molecule has 1 heterocycles. The summed E-state index contributed by atoms with van der Waals surface area (Å²) in [6.07, 6.45) is 8.06. The quantitative estimate of drug-likeness (QED) is 0.772. The number of rotatable bonds is 4. The summed E-state index contributed by atoms with van der Waals surface area (Å²) < 4.78 is 11.6. The van der Waals surface area contributed by atoms with Crippen molar-refractivity contribution in [1.82, 2.24) is 0 Å². The lowest BCUT2D eigenvalue weighted by Gasteiger charge is -2.52. The van der Waals surface area contributed by atoms with Gasteiger partial charge in [-0.15, -0.1) is 0 Å². The second kappa shape index (κ2) is 5.62. The van der Waals surface area contributed by atoms with Crippen LogP contribution in [-0.2, 0) is 22.4 Å². The van der Waals surface area contributed by atoms with Crippen molar-refractivity contribution in [3.8, 4) is 0 Å². The van der Waals surface area contributed by atoms with Crippen LogP contribution in [0.25, 0.3) is 0 Å². The molecule has 0 saturated heterocycles. The number of carbonyl (C=O) groups excluding carboxylic acids is 1. The first kappa shape index (κ1) is 16.5. The highest BCUT2D eigenvalue weighted by Crippen LogP contribution is 2.54. The van der Waals surface area contributed by atoms with Crippen molar-refractivity contribution in [2.45, 2.75) is 65.4 Å². The van der Waals surface area contributed by atoms with Gasteiger partial charge in [0, 0.05) is 32.3 Å². The van der Waals surface area contributed by atoms with E-state index in [1.165, 1.54) is 16.7 Å². The fourth-order valence-electron chi connectivity index (χ4n) is 4.63. The molecule has 0 fully saturated rings. The number of furan rings is 1. The molecule has 0 spiro atoms. The van der Waals surface area contributed by atoms with Crippen LogP contribution in [0, 0.1) is 18.3 Å². The van der Waals surface area contributed by atoms with Crippen LogP contribution in [0.2, 0.25) is 0 Å². The maximum Gasteiger partial charge on any atom is 0.165 e. The number of hydrogen-bond donors (Lipinski definition) is 0. The summed E-state index contributed by atoms with van der Waals surface area (Å²) >= 11 is 0. The molecular weight excluding hydrogens is 288 g/mol. The van der Waals surface area contributed by atoms with E-state index in [9.17, 15) is 4.79 Å². The minimum atomic E-state index is -0.677. The Balaban J connectivity index is 2.04. The number of ketones is 1. The van der Waals surface area contributed by atoms with E-state index in [1.54, 1.807) is 7.11 Å². The Labute approximate surface area is 139 Å². The Bertz CT molecular complexity index is 654. The molecule has 0 aromatic carbocycles. The summed E-state index contributed by atoms with van der Waals surface area (Å²) in [5.74, 6) is 1.51. The van der Waals surface area contributed by atoms with Gasteiger partial charge in [-0.25, -0.2) is 0 Å². The second-order valence-corrected chi connectivity index (χ2v) is 7.51. The highest BCUT2D eigenvalue weighted by atomic mass is 16.5. The third kappa shape index (κ3) is 2.24. The minimum absolute atomic E-state index is 0.0424. The van der Waals surface area contributed by atoms with Crippen LogP contribution < -0.4 is 0 Å². The number of ether oxygens (including phenoxy) is 1. The van der Waals surface area contributed by atoms with E-state index in [4.69, 9.17) is 9.15 Å². The molecule has 1 aromatic rings. The van der Waals surface area contributed by atoms with E-state index in [0.29, 0.717) is 12.8 Å². The van der Waals surface area contributed by atoms with Gasteiger partial charge in [0.1, 0.15) is 11.4 Å². The summed E-state index contributed by atoms with van der Waals surface area (Å²) in [6.45, 7) is 8.66. The predicted molar refractivity (Wildman–Crippen MR) is 90.5 cm³/mol. The smallest absolute Gasteiger partial charge is 0.165 e. The van der Waals surface area contributed by atoms with Crippen molar-refractivity contribution in [2.75, 3.05) is 7.11 Å². The van der Waals surface area contributed by atoms with Crippen molar-refractivity contribution in [2.24, 2.45) is 11.3 Å². The maximum absolute atomic E-state index is 12.9. The molecule has 0 amide bonds. The molecule has 0 saturated carbocycles. The van der Waals surface area contributed by atoms with Crippen molar-refractivity contribution in [1.29, 1.82) is 0 Å². The molecule has 0 aliphatic heterocycles. The van der Waals surface area contributed by atoms with Crippen LogP contribution in [0.15, 0.2) is 22.3 Å². The molecule has 0 unspecified atom stereocenters. The second-order valence-electron chi connectivity index (χ2n) is 7.51. The number of allylic oxidation sites excluding steroid dienone is 1. The maximum atomic E-state index is 12.9. The standard InChI is InChI=1S/C20H28O3/c1-6-7-18(21)20(22-5)9-8-15-10-17-16(13(2)12-23-17)11-19(15,4)14(20)3/h8,12,14H,6-7,9-11H2,1-5H3/t14-,19-,20+/m0/s1. The Kier molecular flexibility index (Phi) is 4.04. The predicted octanol–water partition coefficient (Wildman–Crippen LogP) is 4.41. The third-order valence-electron chi connectivity index (χ3n) is 6.44.